The van der Waals surface area contributed by atoms with Crippen LogP contribution < -0.4 is 19.8 Å². The predicted octanol–water partition coefficient (Wildman–Crippen LogP) is 2.77. The zero-order valence-corrected chi connectivity index (χ0v) is 22.6. The van der Waals surface area contributed by atoms with E-state index in [0.717, 1.165) is 44.6 Å². The third-order valence-electron chi connectivity index (χ3n) is 6.60. The number of sulfonamides is 1. The fraction of sp³-hybridized carbons (Fsp3) is 0.481. The van der Waals surface area contributed by atoms with Gasteiger partial charge in [-0.25, -0.2) is 18.1 Å². The Balaban J connectivity index is 1.63. The van der Waals surface area contributed by atoms with Crippen LogP contribution in [-0.2, 0) is 14.8 Å². The Hall–Kier alpha value is -2.99. The topological polar surface area (TPSA) is 124 Å². The standard InChI is InChI=1S/C27H37N5O5S/c1-21-20-32(16-18-37-21)26-10-8-9-25(29-26)30-27(34)23-12-11-22(38(35,36)28-13-17-33)19-24(23)31-14-6-4-2-3-5-7-15-31/h4,6,8-12,19,21,28,33H,2-3,5,7,13-18,20H2,1H3,(H,29,30,34)/b6-4+/t21-/m1/s1. The summed E-state index contributed by atoms with van der Waals surface area (Å²) in [7, 11) is -3.85. The number of aliphatic hydroxyl groups is 1. The average Bonchev–Trinajstić information content (AvgIpc) is 3.06. The highest BCUT2D eigenvalue weighted by molar-refractivity contribution is 7.89. The number of morpholine rings is 1. The molecule has 1 fully saturated rings. The fourth-order valence-electron chi connectivity index (χ4n) is 4.65. The normalized spacial score (nSPS) is 19.8. The second-order valence-corrected chi connectivity index (χ2v) is 11.3. The number of nitrogens with zero attached hydrogens (tertiary/aromatic N) is 3. The molecule has 1 aromatic carbocycles. The van der Waals surface area contributed by atoms with Gasteiger partial charge >= 0.3 is 0 Å². The molecule has 2 aromatic rings. The van der Waals surface area contributed by atoms with Crippen molar-refractivity contribution in [3.05, 3.63) is 54.1 Å². The van der Waals surface area contributed by atoms with Crippen molar-refractivity contribution in [2.24, 2.45) is 0 Å². The quantitative estimate of drug-likeness (QED) is 0.434. The highest BCUT2D eigenvalue weighted by atomic mass is 32.2. The fourth-order valence-corrected chi connectivity index (χ4v) is 5.69. The number of allylic oxidation sites excluding steroid dienone is 1. The van der Waals surface area contributed by atoms with Crippen molar-refractivity contribution >= 4 is 33.3 Å². The minimum atomic E-state index is -3.85. The van der Waals surface area contributed by atoms with Crippen molar-refractivity contribution in [1.82, 2.24) is 9.71 Å². The third kappa shape index (κ3) is 7.31. The number of aliphatic hydroxyl groups excluding tert-OH is 1. The maximum atomic E-state index is 13.5. The first-order valence-electron chi connectivity index (χ1n) is 13.2. The van der Waals surface area contributed by atoms with Crippen LogP contribution in [0.5, 0.6) is 0 Å². The highest BCUT2D eigenvalue weighted by Crippen LogP contribution is 2.27. The van der Waals surface area contributed by atoms with Gasteiger partial charge in [0.2, 0.25) is 10.0 Å². The summed E-state index contributed by atoms with van der Waals surface area (Å²) in [5, 5.41) is 12.0. The first kappa shape index (κ1) is 28.0. The van der Waals surface area contributed by atoms with Gasteiger partial charge in [0, 0.05) is 32.7 Å². The lowest BCUT2D eigenvalue weighted by Crippen LogP contribution is -2.41. The van der Waals surface area contributed by atoms with Crippen LogP contribution in [0, 0.1) is 0 Å². The second-order valence-electron chi connectivity index (χ2n) is 9.53. The van der Waals surface area contributed by atoms with Crippen molar-refractivity contribution in [1.29, 1.82) is 0 Å². The van der Waals surface area contributed by atoms with Gasteiger partial charge in [-0.3, -0.25) is 4.79 Å². The molecule has 10 nitrogen and oxygen atoms in total. The Labute approximate surface area is 224 Å². The lowest BCUT2D eigenvalue weighted by atomic mass is 10.1. The number of benzene rings is 1. The molecule has 0 saturated carbocycles. The first-order valence-corrected chi connectivity index (χ1v) is 14.6. The van der Waals surface area contributed by atoms with E-state index >= 15 is 0 Å². The predicted molar refractivity (Wildman–Crippen MR) is 148 cm³/mol. The van der Waals surface area contributed by atoms with E-state index < -0.39 is 10.0 Å². The Bertz CT molecular complexity index is 1240. The largest absolute Gasteiger partial charge is 0.395 e. The van der Waals surface area contributed by atoms with Gasteiger partial charge in [-0.1, -0.05) is 24.6 Å². The van der Waals surface area contributed by atoms with Gasteiger partial charge in [0.1, 0.15) is 11.6 Å². The monoisotopic (exact) mass is 543 g/mol. The Morgan fingerprint density at radius 2 is 2.00 bits per heavy atom. The molecule has 0 aliphatic carbocycles. The maximum Gasteiger partial charge on any atom is 0.258 e. The van der Waals surface area contributed by atoms with Crippen LogP contribution in [0.25, 0.3) is 0 Å². The van der Waals surface area contributed by atoms with Crippen LogP contribution in [0.1, 0.15) is 43.0 Å². The number of pyridine rings is 1. The number of carbonyl (C=O) groups is 1. The van der Waals surface area contributed by atoms with E-state index in [2.05, 4.69) is 32.1 Å². The second kappa shape index (κ2) is 13.2. The molecule has 0 bridgehead atoms. The van der Waals surface area contributed by atoms with Crippen molar-refractivity contribution < 1.29 is 23.1 Å². The number of hydrogen-bond donors (Lipinski definition) is 3. The minimum absolute atomic E-state index is 0.0444. The summed E-state index contributed by atoms with van der Waals surface area (Å²) in [5.41, 5.74) is 0.907. The van der Waals surface area contributed by atoms with E-state index in [0.29, 0.717) is 36.8 Å². The summed E-state index contributed by atoms with van der Waals surface area (Å²) >= 11 is 0. The van der Waals surface area contributed by atoms with Gasteiger partial charge in [0.05, 0.1) is 35.5 Å². The molecular weight excluding hydrogens is 506 g/mol. The van der Waals surface area contributed by atoms with Crippen molar-refractivity contribution in [2.45, 2.75) is 43.6 Å². The van der Waals surface area contributed by atoms with E-state index in [9.17, 15) is 13.2 Å². The van der Waals surface area contributed by atoms with Crippen LogP contribution in [0.15, 0.2) is 53.4 Å². The highest BCUT2D eigenvalue weighted by Gasteiger charge is 2.23. The van der Waals surface area contributed by atoms with Gasteiger partial charge in [-0.2, -0.15) is 0 Å². The van der Waals surface area contributed by atoms with E-state index in [1.165, 1.54) is 6.07 Å². The molecular formula is C27H37N5O5S. The first-order chi connectivity index (χ1) is 18.4. The summed E-state index contributed by atoms with van der Waals surface area (Å²) < 4.78 is 33.6. The zero-order chi connectivity index (χ0) is 27.0. The van der Waals surface area contributed by atoms with Crippen LogP contribution in [-0.4, -0.2) is 76.5 Å². The van der Waals surface area contributed by atoms with Gasteiger partial charge in [0.15, 0.2) is 0 Å². The smallest absolute Gasteiger partial charge is 0.258 e. The number of ether oxygens (including phenoxy) is 1. The summed E-state index contributed by atoms with van der Waals surface area (Å²) in [6, 6.07) is 10.0. The Morgan fingerprint density at radius 3 is 2.82 bits per heavy atom. The summed E-state index contributed by atoms with van der Waals surface area (Å²) in [6.45, 7) is 4.95. The van der Waals surface area contributed by atoms with Crippen molar-refractivity contribution in [3.63, 3.8) is 0 Å². The number of aromatic nitrogens is 1. The molecule has 2 aliphatic heterocycles. The summed E-state index contributed by atoms with van der Waals surface area (Å²) in [4.78, 5) is 22.4. The summed E-state index contributed by atoms with van der Waals surface area (Å²) in [6.07, 6.45) is 8.38. The number of nitrogens with one attached hydrogen (secondary N) is 2. The Kier molecular flexibility index (Phi) is 9.73. The molecule has 4 rings (SSSR count). The van der Waals surface area contributed by atoms with Gasteiger partial charge in [0.25, 0.3) is 5.91 Å². The molecule has 3 heterocycles. The SMILES string of the molecule is C[C@@H]1CN(c2cccc(NC(=O)c3ccc(S(=O)(=O)NCCO)cc3N3C/C=C/CCCCC3)n2)CCO1. The average molecular weight is 544 g/mol. The van der Waals surface area contributed by atoms with Crippen LogP contribution in [0.3, 0.4) is 0 Å². The molecule has 206 valence electrons. The molecule has 1 aromatic heterocycles. The van der Waals surface area contributed by atoms with E-state index in [4.69, 9.17) is 9.84 Å². The molecule has 2 aliphatic rings. The van der Waals surface area contributed by atoms with Gasteiger partial charge < -0.3 is 25.0 Å². The van der Waals surface area contributed by atoms with Crippen LogP contribution >= 0.6 is 0 Å². The summed E-state index contributed by atoms with van der Waals surface area (Å²) in [5.74, 6) is 0.819. The van der Waals surface area contributed by atoms with Crippen molar-refractivity contribution in [2.75, 3.05) is 61.1 Å². The molecule has 0 unspecified atom stereocenters. The van der Waals surface area contributed by atoms with E-state index in [1.807, 2.05) is 24.0 Å². The van der Waals surface area contributed by atoms with E-state index in [1.54, 1.807) is 18.2 Å². The van der Waals surface area contributed by atoms with Crippen molar-refractivity contribution in [3.8, 4) is 0 Å². The lowest BCUT2D eigenvalue weighted by Gasteiger charge is -2.32. The molecule has 38 heavy (non-hydrogen) atoms. The van der Waals surface area contributed by atoms with Gasteiger partial charge in [-0.15, -0.1) is 0 Å². The third-order valence-corrected chi connectivity index (χ3v) is 8.06. The molecule has 0 spiro atoms. The number of anilines is 3. The maximum absolute atomic E-state index is 13.5. The minimum Gasteiger partial charge on any atom is -0.395 e. The number of rotatable bonds is 8. The molecule has 1 amide bonds. The lowest BCUT2D eigenvalue weighted by molar-refractivity contribution is 0.0529. The number of hydrogen-bond acceptors (Lipinski definition) is 8. The van der Waals surface area contributed by atoms with Crippen LogP contribution in [0.2, 0.25) is 0 Å². The van der Waals surface area contributed by atoms with Gasteiger partial charge in [-0.05, 0) is 56.5 Å². The number of amides is 1. The molecule has 1 saturated heterocycles. The molecule has 0 radical (unpaired) electrons. The van der Waals surface area contributed by atoms with Crippen LogP contribution in [0.4, 0.5) is 17.3 Å². The Morgan fingerprint density at radius 1 is 1.13 bits per heavy atom. The molecule has 1 atom stereocenters. The zero-order valence-electron chi connectivity index (χ0n) is 21.8. The molecule has 3 N–H and O–H groups in total. The molecule has 11 heteroatoms. The number of carbonyl (C=O) groups excluding carboxylic acids is 1. The van der Waals surface area contributed by atoms with E-state index in [-0.39, 0.29) is 30.1 Å².